The molecule has 1 aromatic carbocycles. The monoisotopic (exact) mass is 220 g/mol. The maximum atomic E-state index is 9.95. The van der Waals surface area contributed by atoms with Crippen molar-refractivity contribution in [2.24, 2.45) is 11.8 Å². The summed E-state index contributed by atoms with van der Waals surface area (Å²) in [7, 11) is 0. The molecule has 0 aromatic heterocycles. The summed E-state index contributed by atoms with van der Waals surface area (Å²) < 4.78 is 0. The minimum Gasteiger partial charge on any atom is -0.508 e. The Morgan fingerprint density at radius 1 is 1.19 bits per heavy atom. The Labute approximate surface area is 96.9 Å². The molecule has 0 saturated heterocycles. The number of benzene rings is 1. The molecule has 2 nitrogen and oxygen atoms in total. The third-order valence-electron chi connectivity index (χ3n) is 3.64. The SMILES string of the molecule is CC1CCC(O)C(Cc2ccc(O)cc2)C1. The summed E-state index contributed by atoms with van der Waals surface area (Å²) in [5.41, 5.74) is 1.20. The fourth-order valence-electron chi connectivity index (χ4n) is 2.64. The third-order valence-corrected chi connectivity index (χ3v) is 3.64. The summed E-state index contributed by atoms with van der Waals surface area (Å²) in [5, 5.41) is 19.2. The summed E-state index contributed by atoms with van der Waals surface area (Å²) in [6.45, 7) is 2.26. The highest BCUT2D eigenvalue weighted by molar-refractivity contribution is 5.26. The third kappa shape index (κ3) is 2.76. The zero-order valence-corrected chi connectivity index (χ0v) is 9.76. The maximum Gasteiger partial charge on any atom is 0.115 e. The van der Waals surface area contributed by atoms with E-state index in [0.29, 0.717) is 11.7 Å². The molecule has 2 N–H and O–H groups in total. The largest absolute Gasteiger partial charge is 0.508 e. The van der Waals surface area contributed by atoms with Crippen LogP contribution in [0.25, 0.3) is 0 Å². The molecular formula is C14H20O2. The molecule has 0 aliphatic heterocycles. The van der Waals surface area contributed by atoms with Crippen LogP contribution in [0.2, 0.25) is 0 Å². The van der Waals surface area contributed by atoms with E-state index in [4.69, 9.17) is 0 Å². The molecule has 1 saturated carbocycles. The predicted molar refractivity (Wildman–Crippen MR) is 64.3 cm³/mol. The van der Waals surface area contributed by atoms with Crippen LogP contribution >= 0.6 is 0 Å². The fourth-order valence-corrected chi connectivity index (χ4v) is 2.64. The lowest BCUT2D eigenvalue weighted by Crippen LogP contribution is -2.29. The zero-order chi connectivity index (χ0) is 11.5. The molecule has 88 valence electrons. The van der Waals surface area contributed by atoms with Gasteiger partial charge in [0.1, 0.15) is 5.75 Å². The second kappa shape index (κ2) is 4.88. The molecule has 1 aromatic rings. The van der Waals surface area contributed by atoms with Gasteiger partial charge in [0, 0.05) is 0 Å². The van der Waals surface area contributed by atoms with Gasteiger partial charge in [-0.05, 0) is 55.2 Å². The van der Waals surface area contributed by atoms with Crippen molar-refractivity contribution in [3.05, 3.63) is 29.8 Å². The summed E-state index contributed by atoms with van der Waals surface area (Å²) in [4.78, 5) is 0. The number of hydrogen-bond donors (Lipinski definition) is 2. The maximum absolute atomic E-state index is 9.95. The number of hydrogen-bond acceptors (Lipinski definition) is 2. The lowest BCUT2D eigenvalue weighted by atomic mass is 9.77. The summed E-state index contributed by atoms with van der Waals surface area (Å²) in [5.74, 6) is 1.42. The average molecular weight is 220 g/mol. The minimum atomic E-state index is -0.148. The molecule has 0 heterocycles. The highest BCUT2D eigenvalue weighted by Crippen LogP contribution is 2.31. The number of rotatable bonds is 2. The van der Waals surface area contributed by atoms with Gasteiger partial charge in [0.2, 0.25) is 0 Å². The lowest BCUT2D eigenvalue weighted by molar-refractivity contribution is 0.0519. The number of aliphatic hydroxyl groups is 1. The molecule has 0 spiro atoms. The summed E-state index contributed by atoms with van der Waals surface area (Å²) >= 11 is 0. The van der Waals surface area contributed by atoms with E-state index in [-0.39, 0.29) is 6.10 Å². The first kappa shape index (κ1) is 11.5. The van der Waals surface area contributed by atoms with Crippen LogP contribution in [0.5, 0.6) is 5.75 Å². The van der Waals surface area contributed by atoms with Crippen LogP contribution in [-0.4, -0.2) is 16.3 Å². The van der Waals surface area contributed by atoms with E-state index in [1.54, 1.807) is 12.1 Å². The Balaban J connectivity index is 2.00. The summed E-state index contributed by atoms with van der Waals surface area (Å²) in [6, 6.07) is 7.32. The van der Waals surface area contributed by atoms with E-state index in [0.717, 1.165) is 31.6 Å². The van der Waals surface area contributed by atoms with Crippen LogP contribution in [0.15, 0.2) is 24.3 Å². The molecule has 16 heavy (non-hydrogen) atoms. The number of phenolic OH excluding ortho intramolecular Hbond substituents is 1. The Kier molecular flexibility index (Phi) is 3.49. The molecule has 3 unspecified atom stereocenters. The van der Waals surface area contributed by atoms with Crippen molar-refractivity contribution in [2.45, 2.75) is 38.7 Å². The molecule has 1 aliphatic rings. The molecule has 0 radical (unpaired) electrons. The molecular weight excluding hydrogens is 200 g/mol. The second-order valence-corrected chi connectivity index (χ2v) is 5.12. The minimum absolute atomic E-state index is 0.148. The normalized spacial score (nSPS) is 30.2. The molecule has 2 rings (SSSR count). The van der Waals surface area contributed by atoms with Crippen LogP contribution in [-0.2, 0) is 6.42 Å². The predicted octanol–water partition coefficient (Wildman–Crippen LogP) is 2.73. The Bertz CT molecular complexity index is 331. The standard InChI is InChI=1S/C14H20O2/c1-10-2-7-14(16)12(8-10)9-11-3-5-13(15)6-4-11/h3-6,10,12,14-16H,2,7-9H2,1H3. The first-order valence-electron chi connectivity index (χ1n) is 6.11. The van der Waals surface area contributed by atoms with Gasteiger partial charge >= 0.3 is 0 Å². The van der Waals surface area contributed by atoms with Crippen LogP contribution < -0.4 is 0 Å². The smallest absolute Gasteiger partial charge is 0.115 e. The van der Waals surface area contributed by atoms with E-state index in [1.165, 1.54) is 5.56 Å². The molecule has 2 heteroatoms. The van der Waals surface area contributed by atoms with Gasteiger partial charge in [0.05, 0.1) is 6.10 Å². The highest BCUT2D eigenvalue weighted by Gasteiger charge is 2.26. The highest BCUT2D eigenvalue weighted by atomic mass is 16.3. The first-order chi connectivity index (χ1) is 7.65. The van der Waals surface area contributed by atoms with Gasteiger partial charge in [-0.1, -0.05) is 19.1 Å². The fraction of sp³-hybridized carbons (Fsp3) is 0.571. The first-order valence-corrected chi connectivity index (χ1v) is 6.11. The van der Waals surface area contributed by atoms with Gasteiger partial charge in [-0.25, -0.2) is 0 Å². The van der Waals surface area contributed by atoms with Gasteiger partial charge in [0.25, 0.3) is 0 Å². The second-order valence-electron chi connectivity index (χ2n) is 5.12. The van der Waals surface area contributed by atoms with Gasteiger partial charge < -0.3 is 10.2 Å². The lowest BCUT2D eigenvalue weighted by Gasteiger charge is -2.31. The van der Waals surface area contributed by atoms with Crippen molar-refractivity contribution < 1.29 is 10.2 Å². The Hall–Kier alpha value is -1.02. The quantitative estimate of drug-likeness (QED) is 0.804. The Morgan fingerprint density at radius 2 is 1.88 bits per heavy atom. The van der Waals surface area contributed by atoms with Gasteiger partial charge in [0.15, 0.2) is 0 Å². The van der Waals surface area contributed by atoms with Crippen molar-refractivity contribution in [3.8, 4) is 5.75 Å². The van der Waals surface area contributed by atoms with E-state index in [2.05, 4.69) is 6.92 Å². The van der Waals surface area contributed by atoms with Crippen molar-refractivity contribution in [2.75, 3.05) is 0 Å². The van der Waals surface area contributed by atoms with Gasteiger partial charge in [-0.3, -0.25) is 0 Å². The van der Waals surface area contributed by atoms with E-state index in [1.807, 2.05) is 12.1 Å². The van der Waals surface area contributed by atoms with Crippen molar-refractivity contribution in [3.63, 3.8) is 0 Å². The Morgan fingerprint density at radius 3 is 2.56 bits per heavy atom. The van der Waals surface area contributed by atoms with Crippen molar-refractivity contribution in [1.82, 2.24) is 0 Å². The molecule has 1 fully saturated rings. The van der Waals surface area contributed by atoms with Crippen molar-refractivity contribution >= 4 is 0 Å². The molecule has 0 amide bonds. The van der Waals surface area contributed by atoms with Crippen LogP contribution in [0.1, 0.15) is 31.7 Å². The van der Waals surface area contributed by atoms with E-state index >= 15 is 0 Å². The zero-order valence-electron chi connectivity index (χ0n) is 9.76. The van der Waals surface area contributed by atoms with Crippen LogP contribution in [0.4, 0.5) is 0 Å². The van der Waals surface area contributed by atoms with Crippen LogP contribution in [0.3, 0.4) is 0 Å². The van der Waals surface area contributed by atoms with Crippen molar-refractivity contribution in [1.29, 1.82) is 0 Å². The number of phenols is 1. The number of aromatic hydroxyl groups is 1. The molecule has 0 bridgehead atoms. The topological polar surface area (TPSA) is 40.5 Å². The van der Waals surface area contributed by atoms with E-state index < -0.39 is 0 Å². The van der Waals surface area contributed by atoms with E-state index in [9.17, 15) is 10.2 Å². The van der Waals surface area contributed by atoms with Gasteiger partial charge in [-0.15, -0.1) is 0 Å². The molecule has 1 aliphatic carbocycles. The number of aliphatic hydroxyl groups excluding tert-OH is 1. The average Bonchev–Trinajstić information content (AvgIpc) is 2.27. The van der Waals surface area contributed by atoms with Crippen LogP contribution in [0, 0.1) is 11.8 Å². The summed E-state index contributed by atoms with van der Waals surface area (Å²) in [6.07, 6.45) is 3.97. The van der Waals surface area contributed by atoms with Gasteiger partial charge in [-0.2, -0.15) is 0 Å². The molecule has 3 atom stereocenters.